The van der Waals surface area contributed by atoms with E-state index in [-0.39, 0.29) is 17.0 Å². The minimum Gasteiger partial charge on any atom is -0.478 e. The van der Waals surface area contributed by atoms with Gasteiger partial charge in [0.15, 0.2) is 5.16 Å². The Kier molecular flexibility index (Phi) is 9.48. The average Bonchev–Trinajstić information content (AvgIpc) is 3.27. The Balaban J connectivity index is 1.16. The number of hydrogen-bond donors (Lipinski definition) is 2. The molecule has 204 valence electrons. The second kappa shape index (κ2) is 13.2. The maximum absolute atomic E-state index is 12.4. The largest absolute Gasteiger partial charge is 0.478 e. The molecule has 4 rings (SSSR count). The van der Waals surface area contributed by atoms with Crippen LogP contribution in [0.25, 0.3) is 10.8 Å². The molecule has 2 heterocycles. The van der Waals surface area contributed by atoms with Crippen LogP contribution in [0, 0.1) is 0 Å². The Morgan fingerprint density at radius 3 is 2.49 bits per heavy atom. The zero-order chi connectivity index (χ0) is 27.8. The smallest absolute Gasteiger partial charge is 0.335 e. The van der Waals surface area contributed by atoms with Crippen LogP contribution in [0.5, 0.6) is 0 Å². The number of hydrogen-bond acceptors (Lipinski definition) is 7. The van der Waals surface area contributed by atoms with Crippen molar-refractivity contribution in [1.29, 1.82) is 0 Å². The summed E-state index contributed by atoms with van der Waals surface area (Å²) in [5.74, 6) is 0.595. The number of thioether (sulfide) groups is 1. The predicted octanol–water partition coefficient (Wildman–Crippen LogP) is 4.42. The first-order chi connectivity index (χ1) is 18.8. The maximum Gasteiger partial charge on any atom is 0.335 e. The number of aryl methyl sites for hydroxylation is 1. The number of aromatic carboxylic acids is 1. The zero-order valence-corrected chi connectivity index (χ0v) is 22.9. The van der Waals surface area contributed by atoms with E-state index >= 15 is 0 Å². The second-order valence-electron chi connectivity index (χ2n) is 9.36. The summed E-state index contributed by atoms with van der Waals surface area (Å²) in [5, 5.41) is 27.3. The van der Waals surface area contributed by atoms with Crippen molar-refractivity contribution in [3.8, 4) is 0 Å². The molecule has 11 heteroatoms. The average molecular weight is 549 g/mol. The summed E-state index contributed by atoms with van der Waals surface area (Å²) < 4.78 is 3.35. The van der Waals surface area contributed by atoms with Crippen LogP contribution < -0.4 is 10.9 Å². The Morgan fingerprint density at radius 1 is 0.949 bits per heavy atom. The van der Waals surface area contributed by atoms with Crippen molar-refractivity contribution in [2.45, 2.75) is 50.1 Å². The number of benzene rings is 2. The maximum atomic E-state index is 12.4. The first-order valence-corrected chi connectivity index (χ1v) is 13.9. The lowest BCUT2D eigenvalue weighted by atomic mass is 10.1. The first kappa shape index (κ1) is 28.0. The van der Waals surface area contributed by atoms with Gasteiger partial charge in [-0.2, -0.15) is 5.10 Å². The first-order valence-electron chi connectivity index (χ1n) is 12.9. The minimum atomic E-state index is -1.02. The second-order valence-corrected chi connectivity index (χ2v) is 10.4. The van der Waals surface area contributed by atoms with Crippen molar-refractivity contribution < 1.29 is 14.7 Å². The van der Waals surface area contributed by atoms with E-state index in [1.165, 1.54) is 16.8 Å². The van der Waals surface area contributed by atoms with Crippen LogP contribution in [-0.4, -0.2) is 47.3 Å². The van der Waals surface area contributed by atoms with Gasteiger partial charge in [0, 0.05) is 37.3 Å². The minimum absolute atomic E-state index is 0.105. The van der Waals surface area contributed by atoms with Gasteiger partial charge >= 0.3 is 5.97 Å². The molecule has 10 nitrogen and oxygen atoms in total. The number of carboxylic acid groups (broad SMARTS) is 1. The molecule has 0 aliphatic carbocycles. The number of nitrogens with one attached hydrogen (secondary N) is 1. The number of unbranched alkanes of at least 4 members (excludes halogenated alkanes) is 4. The fourth-order valence-electron chi connectivity index (χ4n) is 4.32. The number of carboxylic acids is 1. The van der Waals surface area contributed by atoms with Crippen molar-refractivity contribution >= 4 is 40.1 Å². The highest BCUT2D eigenvalue weighted by Gasteiger charge is 2.14. The number of anilines is 1. The molecule has 2 N–H and O–H groups in total. The van der Waals surface area contributed by atoms with E-state index in [2.05, 4.69) is 20.6 Å². The van der Waals surface area contributed by atoms with Crippen LogP contribution in [0.1, 0.15) is 60.4 Å². The number of aromatic nitrogens is 5. The van der Waals surface area contributed by atoms with E-state index in [1.54, 1.807) is 30.9 Å². The van der Waals surface area contributed by atoms with E-state index in [4.69, 9.17) is 5.11 Å². The normalized spacial score (nSPS) is 11.1. The molecule has 0 aliphatic heterocycles. The van der Waals surface area contributed by atoms with E-state index in [0.29, 0.717) is 23.9 Å². The monoisotopic (exact) mass is 548 g/mol. The summed E-state index contributed by atoms with van der Waals surface area (Å²) in [4.78, 5) is 35.6. The van der Waals surface area contributed by atoms with E-state index in [9.17, 15) is 14.4 Å². The van der Waals surface area contributed by atoms with Crippen LogP contribution in [0.3, 0.4) is 0 Å². The lowest BCUT2D eigenvalue weighted by Gasteiger charge is -2.08. The van der Waals surface area contributed by atoms with Gasteiger partial charge in [-0.3, -0.25) is 9.59 Å². The molecular weight excluding hydrogens is 516 g/mol. The van der Waals surface area contributed by atoms with Crippen LogP contribution in [0.2, 0.25) is 0 Å². The summed E-state index contributed by atoms with van der Waals surface area (Å²) in [6, 6.07) is 13.7. The highest BCUT2D eigenvalue weighted by atomic mass is 32.2. The lowest BCUT2D eigenvalue weighted by molar-refractivity contribution is -0.116. The number of fused-ring (bicyclic) bond motifs is 1. The van der Waals surface area contributed by atoms with Gasteiger partial charge < -0.3 is 15.0 Å². The molecule has 0 atom stereocenters. The Morgan fingerprint density at radius 2 is 1.69 bits per heavy atom. The number of amides is 1. The quantitative estimate of drug-likeness (QED) is 0.185. The third-order valence-corrected chi connectivity index (χ3v) is 7.56. The van der Waals surface area contributed by atoms with E-state index in [0.717, 1.165) is 59.9 Å². The van der Waals surface area contributed by atoms with Gasteiger partial charge in [0.2, 0.25) is 5.91 Å². The number of carbonyl (C=O) groups is 2. The van der Waals surface area contributed by atoms with E-state index in [1.807, 2.05) is 35.9 Å². The van der Waals surface area contributed by atoms with Crippen molar-refractivity contribution in [3.63, 3.8) is 0 Å². The number of carbonyl (C=O) groups excluding carboxylic acids is 1. The van der Waals surface area contributed by atoms with Gasteiger partial charge in [-0.05, 0) is 37.1 Å². The summed E-state index contributed by atoms with van der Waals surface area (Å²) in [6.45, 7) is 0. The number of nitrogens with zero attached hydrogens (tertiary/aromatic N) is 5. The van der Waals surface area contributed by atoms with Crippen LogP contribution in [0.4, 0.5) is 5.69 Å². The molecule has 0 fully saturated rings. The highest BCUT2D eigenvalue weighted by molar-refractivity contribution is 7.99. The SMILES string of the molecule is Cn1c(Cc2nn(C)c(=O)c3ccccc23)nnc1SCCCCCCCC(=O)Nc1cccc(C(=O)O)c1. The molecule has 2 aromatic carbocycles. The fourth-order valence-corrected chi connectivity index (χ4v) is 5.24. The Bertz CT molecular complexity index is 1530. The third-order valence-electron chi connectivity index (χ3n) is 6.46. The van der Waals surface area contributed by atoms with Crippen molar-refractivity contribution in [1.82, 2.24) is 24.5 Å². The van der Waals surface area contributed by atoms with Crippen molar-refractivity contribution in [2.24, 2.45) is 14.1 Å². The van der Waals surface area contributed by atoms with Gasteiger partial charge in [0.1, 0.15) is 5.82 Å². The van der Waals surface area contributed by atoms with Gasteiger partial charge in [-0.1, -0.05) is 55.3 Å². The predicted molar refractivity (Wildman–Crippen MR) is 151 cm³/mol. The molecule has 4 aromatic rings. The summed E-state index contributed by atoms with van der Waals surface area (Å²) in [7, 11) is 3.61. The fraction of sp³-hybridized carbons (Fsp3) is 0.357. The Labute approximate surface area is 230 Å². The molecule has 2 aromatic heterocycles. The van der Waals surface area contributed by atoms with Crippen LogP contribution >= 0.6 is 11.8 Å². The molecule has 0 saturated heterocycles. The molecule has 0 radical (unpaired) electrons. The van der Waals surface area contributed by atoms with Gasteiger partial charge in [0.25, 0.3) is 5.56 Å². The molecule has 0 aliphatic rings. The lowest BCUT2D eigenvalue weighted by Crippen LogP contribution is -2.21. The molecule has 0 bridgehead atoms. The van der Waals surface area contributed by atoms with Crippen molar-refractivity contribution in [3.05, 3.63) is 76.0 Å². The summed E-state index contributed by atoms with van der Waals surface area (Å²) in [6.07, 6.45) is 5.78. The summed E-state index contributed by atoms with van der Waals surface area (Å²) >= 11 is 1.67. The van der Waals surface area contributed by atoms with Gasteiger partial charge in [-0.25, -0.2) is 9.48 Å². The third kappa shape index (κ3) is 7.32. The zero-order valence-electron chi connectivity index (χ0n) is 22.1. The molecule has 1 amide bonds. The molecular formula is C28H32N6O4S. The molecule has 0 unspecified atom stereocenters. The molecule has 0 spiro atoms. The van der Waals surface area contributed by atoms with Gasteiger partial charge in [0.05, 0.1) is 23.1 Å². The summed E-state index contributed by atoms with van der Waals surface area (Å²) in [5.41, 5.74) is 1.33. The van der Waals surface area contributed by atoms with Crippen LogP contribution in [0.15, 0.2) is 58.5 Å². The highest BCUT2D eigenvalue weighted by Crippen LogP contribution is 2.21. The number of rotatable bonds is 13. The molecule has 0 saturated carbocycles. The van der Waals surface area contributed by atoms with Gasteiger partial charge in [-0.15, -0.1) is 10.2 Å². The molecule has 39 heavy (non-hydrogen) atoms. The van der Waals surface area contributed by atoms with Crippen molar-refractivity contribution in [2.75, 3.05) is 11.1 Å². The standard InChI is InChI=1S/C28H32N6O4S/c1-33-24(18-23-21-13-7-8-14-22(21)26(36)34(2)32-23)30-31-28(33)39-16-9-5-3-4-6-15-25(35)29-20-12-10-11-19(17-20)27(37)38/h7-8,10-14,17H,3-6,9,15-16,18H2,1-2H3,(H,29,35)(H,37,38). The van der Waals surface area contributed by atoms with E-state index < -0.39 is 5.97 Å². The topological polar surface area (TPSA) is 132 Å². The van der Waals surface area contributed by atoms with Crippen LogP contribution in [-0.2, 0) is 25.3 Å². The Hall–Kier alpha value is -3.99.